The van der Waals surface area contributed by atoms with Gasteiger partial charge in [0.25, 0.3) is 0 Å². The van der Waals surface area contributed by atoms with E-state index in [-0.39, 0.29) is 24.7 Å². The van der Waals surface area contributed by atoms with Crippen LogP contribution in [0.1, 0.15) is 24.0 Å². The maximum Gasteiger partial charge on any atom is 0.240 e. The molecule has 2 rings (SSSR count). The molecule has 0 fully saturated rings. The van der Waals surface area contributed by atoms with E-state index in [1.807, 2.05) is 6.07 Å². The summed E-state index contributed by atoms with van der Waals surface area (Å²) >= 11 is 5.95. The molecule has 0 saturated heterocycles. The van der Waals surface area contributed by atoms with Gasteiger partial charge in [0.05, 0.1) is 28.6 Å². The smallest absolute Gasteiger partial charge is 0.240 e. The van der Waals surface area contributed by atoms with E-state index in [2.05, 4.69) is 15.8 Å². The summed E-state index contributed by atoms with van der Waals surface area (Å²) in [5.41, 5.74) is 4.15. The second-order valence-corrected chi connectivity index (χ2v) is 5.46. The van der Waals surface area contributed by atoms with Gasteiger partial charge in [-0.05, 0) is 29.8 Å². The Balaban J connectivity index is 1.74. The fourth-order valence-electron chi connectivity index (χ4n) is 1.88. The number of nitrogens with one attached hydrogen (secondary N) is 2. The first-order valence-electron chi connectivity index (χ1n) is 7.45. The molecule has 0 aromatic heterocycles. The number of carbonyl (C=O) groups is 2. The summed E-state index contributed by atoms with van der Waals surface area (Å²) in [5.74, 6) is -0.682. The third-order valence-electron chi connectivity index (χ3n) is 3.17. The number of hydrogen-bond donors (Lipinski definition) is 2. The highest BCUT2D eigenvalue weighted by atomic mass is 35.5. The molecule has 25 heavy (non-hydrogen) atoms. The number of hydrogen-bond acceptors (Lipinski definition) is 4. The summed E-state index contributed by atoms with van der Waals surface area (Å²) in [6.07, 6.45) is 1.48. The molecule has 126 valence electrons. The van der Waals surface area contributed by atoms with Crippen molar-refractivity contribution in [3.8, 4) is 6.07 Å². The maximum atomic E-state index is 11.8. The Bertz CT molecular complexity index is 826. The second kappa shape index (κ2) is 9.21. The largest absolute Gasteiger partial charge is 0.325 e. The Morgan fingerprint density at radius 3 is 2.44 bits per heavy atom. The van der Waals surface area contributed by atoms with Crippen molar-refractivity contribution in [2.45, 2.75) is 12.8 Å². The lowest BCUT2D eigenvalue weighted by Gasteiger charge is -2.06. The number of nitriles is 1. The summed E-state index contributed by atoms with van der Waals surface area (Å²) in [6, 6.07) is 15.6. The maximum absolute atomic E-state index is 11.8. The third kappa shape index (κ3) is 6.09. The molecule has 0 bridgehead atoms. The van der Waals surface area contributed by atoms with Crippen molar-refractivity contribution in [3.05, 3.63) is 64.7 Å². The molecule has 0 unspecified atom stereocenters. The fraction of sp³-hybridized carbons (Fsp3) is 0.111. The molecule has 2 N–H and O–H groups in total. The zero-order valence-electron chi connectivity index (χ0n) is 13.2. The lowest BCUT2D eigenvalue weighted by Crippen LogP contribution is -2.20. The van der Waals surface area contributed by atoms with Crippen LogP contribution in [-0.4, -0.2) is 18.0 Å². The lowest BCUT2D eigenvalue weighted by molar-refractivity contribution is -0.124. The van der Waals surface area contributed by atoms with Crippen LogP contribution in [0, 0.1) is 11.3 Å². The van der Waals surface area contributed by atoms with Gasteiger partial charge >= 0.3 is 0 Å². The van der Waals surface area contributed by atoms with Gasteiger partial charge in [-0.25, -0.2) is 5.43 Å². The molecule has 0 atom stereocenters. The van der Waals surface area contributed by atoms with Gasteiger partial charge in [0, 0.05) is 12.8 Å². The Morgan fingerprint density at radius 1 is 1.08 bits per heavy atom. The number of carbonyl (C=O) groups excluding carboxylic acids is 2. The third-order valence-corrected chi connectivity index (χ3v) is 3.50. The fourth-order valence-corrected chi connectivity index (χ4v) is 2.06. The molecule has 2 aromatic rings. The Hall–Kier alpha value is -3.17. The van der Waals surface area contributed by atoms with Gasteiger partial charge in [0.1, 0.15) is 0 Å². The zero-order chi connectivity index (χ0) is 18.1. The van der Waals surface area contributed by atoms with E-state index in [0.717, 1.165) is 5.56 Å². The SMILES string of the molecule is N#Cc1ccc(/C=N\NC(=O)CCC(=O)Nc2ccccc2Cl)cc1. The molecular formula is C18H15ClN4O2. The molecule has 0 aliphatic carbocycles. The van der Waals surface area contributed by atoms with Crippen molar-refractivity contribution >= 4 is 35.3 Å². The quantitative estimate of drug-likeness (QED) is 0.616. The Labute approximate surface area is 150 Å². The normalized spacial score (nSPS) is 10.2. The van der Waals surface area contributed by atoms with Gasteiger partial charge in [0.2, 0.25) is 11.8 Å². The predicted octanol–water partition coefficient (Wildman–Crippen LogP) is 3.08. The average molecular weight is 355 g/mol. The Morgan fingerprint density at radius 2 is 1.76 bits per heavy atom. The number of halogens is 1. The molecule has 0 aliphatic rings. The van der Waals surface area contributed by atoms with E-state index < -0.39 is 0 Å². The van der Waals surface area contributed by atoms with Crippen LogP contribution in [0.15, 0.2) is 53.6 Å². The first kappa shape index (κ1) is 18.2. The topological polar surface area (TPSA) is 94.3 Å². The summed E-state index contributed by atoms with van der Waals surface area (Å²) in [4.78, 5) is 23.5. The van der Waals surface area contributed by atoms with Crippen molar-refractivity contribution in [1.82, 2.24) is 5.43 Å². The molecule has 2 aromatic carbocycles. The standard InChI is InChI=1S/C18H15ClN4O2/c19-15-3-1-2-4-16(15)22-17(24)9-10-18(25)23-21-12-14-7-5-13(11-20)6-8-14/h1-8,12H,9-10H2,(H,22,24)(H,23,25)/b21-12-. The number of amides is 2. The monoisotopic (exact) mass is 354 g/mol. The van der Waals surface area contributed by atoms with Crippen LogP contribution in [0.2, 0.25) is 5.02 Å². The van der Waals surface area contributed by atoms with Crippen molar-refractivity contribution in [3.63, 3.8) is 0 Å². The molecule has 0 heterocycles. The van der Waals surface area contributed by atoms with Crippen molar-refractivity contribution in [2.75, 3.05) is 5.32 Å². The molecule has 0 aliphatic heterocycles. The molecule has 7 heteroatoms. The molecule has 0 saturated carbocycles. The summed E-state index contributed by atoms with van der Waals surface area (Å²) < 4.78 is 0. The first-order valence-corrected chi connectivity index (χ1v) is 7.83. The van der Waals surface area contributed by atoms with E-state index in [4.69, 9.17) is 16.9 Å². The van der Waals surface area contributed by atoms with Gasteiger partial charge in [-0.1, -0.05) is 35.9 Å². The number of anilines is 1. The highest BCUT2D eigenvalue weighted by molar-refractivity contribution is 6.33. The molecular weight excluding hydrogens is 340 g/mol. The summed E-state index contributed by atoms with van der Waals surface area (Å²) in [7, 11) is 0. The van der Waals surface area contributed by atoms with Crippen molar-refractivity contribution in [1.29, 1.82) is 5.26 Å². The number of nitrogens with zero attached hydrogens (tertiary/aromatic N) is 2. The second-order valence-electron chi connectivity index (χ2n) is 5.06. The Kier molecular flexibility index (Phi) is 6.69. The van der Waals surface area contributed by atoms with Gasteiger partial charge in [-0.15, -0.1) is 0 Å². The van der Waals surface area contributed by atoms with Gasteiger partial charge in [-0.3, -0.25) is 9.59 Å². The number of rotatable bonds is 6. The minimum atomic E-state index is -0.376. The zero-order valence-corrected chi connectivity index (χ0v) is 14.0. The summed E-state index contributed by atoms with van der Waals surface area (Å²) in [6.45, 7) is 0. The molecule has 0 spiro atoms. The summed E-state index contributed by atoms with van der Waals surface area (Å²) in [5, 5.41) is 15.6. The minimum Gasteiger partial charge on any atom is -0.325 e. The molecule has 0 radical (unpaired) electrons. The van der Waals surface area contributed by atoms with E-state index in [9.17, 15) is 9.59 Å². The number of benzene rings is 2. The van der Waals surface area contributed by atoms with E-state index in [0.29, 0.717) is 16.3 Å². The van der Waals surface area contributed by atoms with E-state index >= 15 is 0 Å². The van der Waals surface area contributed by atoms with Gasteiger partial charge in [0.15, 0.2) is 0 Å². The van der Waals surface area contributed by atoms with Crippen LogP contribution < -0.4 is 10.7 Å². The van der Waals surface area contributed by atoms with Crippen molar-refractivity contribution in [2.24, 2.45) is 5.10 Å². The molecule has 2 amide bonds. The average Bonchev–Trinajstić information content (AvgIpc) is 2.62. The van der Waals surface area contributed by atoms with Crippen LogP contribution in [0.5, 0.6) is 0 Å². The highest BCUT2D eigenvalue weighted by Crippen LogP contribution is 2.20. The van der Waals surface area contributed by atoms with Crippen LogP contribution in [0.3, 0.4) is 0 Å². The van der Waals surface area contributed by atoms with Crippen molar-refractivity contribution < 1.29 is 9.59 Å². The van der Waals surface area contributed by atoms with Crippen LogP contribution in [0.4, 0.5) is 5.69 Å². The number of hydrazone groups is 1. The van der Waals surface area contributed by atoms with Crippen LogP contribution in [0.25, 0.3) is 0 Å². The minimum absolute atomic E-state index is 0.000988. The number of para-hydroxylation sites is 1. The predicted molar refractivity (Wildman–Crippen MR) is 96.2 cm³/mol. The van der Waals surface area contributed by atoms with Gasteiger partial charge in [-0.2, -0.15) is 10.4 Å². The molecule has 6 nitrogen and oxygen atoms in total. The first-order chi connectivity index (χ1) is 12.1. The highest BCUT2D eigenvalue weighted by Gasteiger charge is 2.08. The van der Waals surface area contributed by atoms with Gasteiger partial charge < -0.3 is 5.32 Å². The van der Waals surface area contributed by atoms with Crippen LogP contribution >= 0.6 is 11.6 Å². The van der Waals surface area contributed by atoms with Crippen LogP contribution in [-0.2, 0) is 9.59 Å². The lowest BCUT2D eigenvalue weighted by atomic mass is 10.2. The van der Waals surface area contributed by atoms with E-state index in [1.165, 1.54) is 6.21 Å². The van der Waals surface area contributed by atoms with E-state index in [1.54, 1.807) is 48.5 Å².